The number of amidine groups is 1. The highest BCUT2D eigenvalue weighted by Crippen LogP contribution is 2.43. The van der Waals surface area contributed by atoms with Crippen LogP contribution in [-0.2, 0) is 14.8 Å². The Kier molecular flexibility index (Phi) is 5.55. The van der Waals surface area contributed by atoms with E-state index in [1.165, 1.54) is 23.9 Å². The van der Waals surface area contributed by atoms with Crippen LogP contribution in [0, 0.1) is 0 Å². The van der Waals surface area contributed by atoms with Crippen molar-refractivity contribution in [3.8, 4) is 0 Å². The van der Waals surface area contributed by atoms with E-state index >= 15 is 0 Å². The number of carbonyl (C=O) groups excluding carboxylic acids is 1. The third-order valence-corrected chi connectivity index (χ3v) is 7.78. The third kappa shape index (κ3) is 3.86. The van der Waals surface area contributed by atoms with Crippen LogP contribution in [0.15, 0.2) is 70.0 Å². The molecule has 5 nitrogen and oxygen atoms in total. The standard InChI is InChI=1S/C21H22N2O3S2/c24-20-19(16-10-4-1-5-11-16)27-21(23(20)17-12-6-2-7-13-17)22-28(25,26)18-14-8-3-9-15-18/h1,3-5,8-11,14-15,17,19H,2,6-7,12-13H2/t19-/m1/s1. The lowest BCUT2D eigenvalue weighted by atomic mass is 9.94. The molecule has 2 aromatic carbocycles. The van der Waals surface area contributed by atoms with E-state index in [-0.39, 0.29) is 16.8 Å². The molecule has 0 radical (unpaired) electrons. The zero-order valence-electron chi connectivity index (χ0n) is 15.4. The normalized spacial score (nSPS) is 22.7. The molecule has 28 heavy (non-hydrogen) atoms. The van der Waals surface area contributed by atoms with E-state index in [9.17, 15) is 13.2 Å². The summed E-state index contributed by atoms with van der Waals surface area (Å²) in [6.45, 7) is 0. The van der Waals surface area contributed by atoms with Crippen LogP contribution < -0.4 is 0 Å². The molecule has 0 bridgehead atoms. The van der Waals surface area contributed by atoms with Crippen molar-refractivity contribution in [2.45, 2.75) is 48.3 Å². The molecule has 0 aromatic heterocycles. The van der Waals surface area contributed by atoms with Crippen molar-refractivity contribution in [1.82, 2.24) is 4.90 Å². The van der Waals surface area contributed by atoms with Crippen molar-refractivity contribution in [1.29, 1.82) is 0 Å². The number of rotatable bonds is 4. The molecule has 2 fully saturated rings. The Labute approximate surface area is 169 Å². The molecule has 1 heterocycles. The van der Waals surface area contributed by atoms with Gasteiger partial charge in [0.25, 0.3) is 10.0 Å². The first kappa shape index (κ1) is 19.2. The second kappa shape index (κ2) is 8.09. The topological polar surface area (TPSA) is 66.8 Å². The van der Waals surface area contributed by atoms with Crippen LogP contribution in [0.3, 0.4) is 0 Å². The summed E-state index contributed by atoms with van der Waals surface area (Å²) in [5, 5.41) is -0.151. The van der Waals surface area contributed by atoms with Crippen LogP contribution >= 0.6 is 11.8 Å². The van der Waals surface area contributed by atoms with E-state index < -0.39 is 15.3 Å². The molecule has 4 rings (SSSR count). The molecule has 2 aromatic rings. The van der Waals surface area contributed by atoms with Crippen LogP contribution in [0.4, 0.5) is 0 Å². The van der Waals surface area contributed by atoms with Gasteiger partial charge < -0.3 is 0 Å². The lowest BCUT2D eigenvalue weighted by Gasteiger charge is -2.30. The number of hydrogen-bond donors (Lipinski definition) is 0. The number of hydrogen-bond acceptors (Lipinski definition) is 4. The van der Waals surface area contributed by atoms with Crippen LogP contribution in [0.25, 0.3) is 0 Å². The molecule has 0 spiro atoms. The van der Waals surface area contributed by atoms with E-state index in [1.807, 2.05) is 30.3 Å². The first-order chi connectivity index (χ1) is 13.6. The van der Waals surface area contributed by atoms with E-state index in [1.54, 1.807) is 23.1 Å². The fourth-order valence-electron chi connectivity index (χ4n) is 3.76. The Balaban J connectivity index is 1.73. The van der Waals surface area contributed by atoms with Crippen LogP contribution in [0.2, 0.25) is 0 Å². The summed E-state index contributed by atoms with van der Waals surface area (Å²) in [5.74, 6) is -0.0647. The molecule has 1 amide bonds. The van der Waals surface area contributed by atoms with Crippen LogP contribution in [-0.4, -0.2) is 30.4 Å². The van der Waals surface area contributed by atoms with Gasteiger partial charge in [0.2, 0.25) is 5.91 Å². The quantitative estimate of drug-likeness (QED) is 0.745. The van der Waals surface area contributed by atoms with Gasteiger partial charge in [-0.1, -0.05) is 79.6 Å². The predicted molar refractivity (Wildman–Crippen MR) is 112 cm³/mol. The maximum Gasteiger partial charge on any atom is 0.284 e. The van der Waals surface area contributed by atoms with Gasteiger partial charge in [0.15, 0.2) is 5.17 Å². The summed E-state index contributed by atoms with van der Waals surface area (Å²) in [7, 11) is -3.87. The first-order valence-corrected chi connectivity index (χ1v) is 11.8. The molecule has 0 N–H and O–H groups in total. The lowest BCUT2D eigenvalue weighted by Crippen LogP contribution is -2.41. The Morgan fingerprint density at radius 2 is 1.50 bits per heavy atom. The monoisotopic (exact) mass is 414 g/mol. The number of benzene rings is 2. The number of carbonyl (C=O) groups is 1. The maximum atomic E-state index is 13.3. The van der Waals surface area contributed by atoms with Crippen LogP contribution in [0.5, 0.6) is 0 Å². The average Bonchev–Trinajstić information content (AvgIpc) is 3.05. The van der Waals surface area contributed by atoms with Gasteiger partial charge in [-0.3, -0.25) is 9.69 Å². The summed E-state index contributed by atoms with van der Waals surface area (Å²) < 4.78 is 29.8. The molecule has 0 unspecified atom stereocenters. The maximum absolute atomic E-state index is 13.3. The molecule has 7 heteroatoms. The van der Waals surface area contributed by atoms with Gasteiger partial charge in [0.05, 0.1) is 4.90 Å². The highest BCUT2D eigenvalue weighted by Gasteiger charge is 2.43. The van der Waals surface area contributed by atoms with Crippen molar-refractivity contribution >= 4 is 32.9 Å². The number of sulfonamides is 1. The molecular formula is C21H22N2O3S2. The van der Waals surface area contributed by atoms with Gasteiger partial charge in [0.1, 0.15) is 5.25 Å². The van der Waals surface area contributed by atoms with E-state index in [2.05, 4.69) is 4.40 Å². The fraction of sp³-hybridized carbons (Fsp3) is 0.333. The number of nitrogens with zero attached hydrogens (tertiary/aromatic N) is 2. The van der Waals surface area contributed by atoms with Gasteiger partial charge in [-0.05, 0) is 30.5 Å². The Morgan fingerprint density at radius 3 is 2.14 bits per heavy atom. The smallest absolute Gasteiger partial charge is 0.284 e. The minimum Gasteiger partial charge on any atom is -0.286 e. The predicted octanol–water partition coefficient (Wildman–Crippen LogP) is 4.38. The molecule has 1 aliphatic heterocycles. The Bertz CT molecular complexity index is 969. The lowest BCUT2D eigenvalue weighted by molar-refractivity contribution is -0.128. The molecule has 1 saturated heterocycles. The van der Waals surface area contributed by atoms with E-state index in [0.717, 1.165) is 37.7 Å². The minimum atomic E-state index is -3.87. The summed E-state index contributed by atoms with van der Waals surface area (Å²) in [6, 6.07) is 17.7. The second-order valence-corrected chi connectivity index (χ2v) is 9.75. The highest BCUT2D eigenvalue weighted by atomic mass is 32.2. The summed E-state index contributed by atoms with van der Waals surface area (Å²) in [6.07, 6.45) is 5.03. The summed E-state index contributed by atoms with van der Waals surface area (Å²) in [4.78, 5) is 15.1. The summed E-state index contributed by atoms with van der Waals surface area (Å²) in [5.41, 5.74) is 0.876. The van der Waals surface area contributed by atoms with Gasteiger partial charge in [-0.2, -0.15) is 8.42 Å². The zero-order chi connectivity index (χ0) is 19.6. The molecule has 1 aliphatic carbocycles. The number of thioether (sulfide) groups is 1. The molecular weight excluding hydrogens is 392 g/mol. The van der Waals surface area contributed by atoms with E-state index in [4.69, 9.17) is 0 Å². The SMILES string of the molecule is O=C1[C@@H](c2ccccc2)SC(=NS(=O)(=O)c2ccccc2)N1C1CCCCC1. The van der Waals surface area contributed by atoms with Gasteiger partial charge in [-0.25, -0.2) is 0 Å². The zero-order valence-corrected chi connectivity index (χ0v) is 17.0. The van der Waals surface area contributed by atoms with Crippen molar-refractivity contribution in [2.24, 2.45) is 4.40 Å². The van der Waals surface area contributed by atoms with Gasteiger partial charge in [-0.15, -0.1) is 4.40 Å². The second-order valence-electron chi connectivity index (χ2n) is 7.07. The Morgan fingerprint density at radius 1 is 0.893 bits per heavy atom. The first-order valence-electron chi connectivity index (χ1n) is 9.51. The Hall–Kier alpha value is -2.12. The molecule has 1 atom stereocenters. The largest absolute Gasteiger partial charge is 0.286 e. The molecule has 1 saturated carbocycles. The molecule has 2 aliphatic rings. The third-order valence-electron chi connectivity index (χ3n) is 5.17. The van der Waals surface area contributed by atoms with E-state index in [0.29, 0.717) is 5.17 Å². The minimum absolute atomic E-state index is 0.0205. The molecule has 146 valence electrons. The highest BCUT2D eigenvalue weighted by molar-refractivity contribution is 8.15. The fourth-order valence-corrected chi connectivity index (χ4v) is 6.20. The van der Waals surface area contributed by atoms with Crippen LogP contribution in [0.1, 0.15) is 42.9 Å². The summed E-state index contributed by atoms with van der Waals surface area (Å²) >= 11 is 1.24. The van der Waals surface area contributed by atoms with Crippen molar-refractivity contribution < 1.29 is 13.2 Å². The number of amides is 1. The van der Waals surface area contributed by atoms with Crippen molar-refractivity contribution in [3.63, 3.8) is 0 Å². The van der Waals surface area contributed by atoms with Gasteiger partial charge >= 0.3 is 0 Å². The van der Waals surface area contributed by atoms with Crippen molar-refractivity contribution in [3.05, 3.63) is 66.2 Å². The van der Waals surface area contributed by atoms with Crippen molar-refractivity contribution in [2.75, 3.05) is 0 Å². The van der Waals surface area contributed by atoms with Gasteiger partial charge in [0, 0.05) is 6.04 Å². The average molecular weight is 415 g/mol.